The largest absolute Gasteiger partial charge is 0.507 e. The average molecular weight is 673 g/mol. The van der Waals surface area contributed by atoms with E-state index in [1.54, 1.807) is 41.0 Å². The second-order valence-corrected chi connectivity index (χ2v) is 13.3. The molecule has 8 rings (SSSR count). The lowest BCUT2D eigenvalue weighted by Gasteiger charge is -2.22. The second-order valence-electron chi connectivity index (χ2n) is 13.3. The molecule has 0 unspecified atom stereocenters. The van der Waals surface area contributed by atoms with Crippen LogP contribution >= 0.6 is 0 Å². The highest BCUT2D eigenvalue weighted by atomic mass is 16.3. The standard InChI is InChI=1S/C47H39N3O/c1-31-26-34(32-14-7-5-8-15-32)22-23-42(31)50-43-20-13-19-39(45(43)49-46(50)40-18-11-12-21-44(40)51)36-27-37(29-38(28-36)47(2,3)4)41-30-35(24-25-48-41)33-16-9-6-10-17-33/h5-30,51H,1-4H3/i1D3,6D,9D,10D,16D,17D,24D,25D,30D. The summed E-state index contributed by atoms with van der Waals surface area (Å²) in [6, 6.07) is 28.5. The van der Waals surface area contributed by atoms with Crippen molar-refractivity contribution in [3.63, 3.8) is 0 Å². The number of phenols is 1. The number of aryl methyl sites for hydroxylation is 1. The van der Waals surface area contributed by atoms with Crippen molar-refractivity contribution in [3.05, 3.63) is 169 Å². The van der Waals surface area contributed by atoms with Crippen molar-refractivity contribution in [2.75, 3.05) is 0 Å². The Morgan fingerprint density at radius 2 is 1.43 bits per heavy atom. The minimum Gasteiger partial charge on any atom is -0.507 e. The third-order valence-electron chi connectivity index (χ3n) is 8.90. The van der Waals surface area contributed by atoms with Crippen molar-refractivity contribution < 1.29 is 20.2 Å². The predicted octanol–water partition coefficient (Wildman–Crippen LogP) is 12.1. The molecular weight excluding hydrogens is 623 g/mol. The number of hydrogen-bond acceptors (Lipinski definition) is 3. The summed E-state index contributed by atoms with van der Waals surface area (Å²) in [5, 5.41) is 11.2. The van der Waals surface area contributed by atoms with Crippen molar-refractivity contribution >= 4 is 11.0 Å². The van der Waals surface area contributed by atoms with Crippen LogP contribution in [-0.4, -0.2) is 19.6 Å². The Bertz CT molecular complexity index is 3070. The number of nitrogens with zero attached hydrogens (tertiary/aromatic N) is 3. The molecule has 0 fully saturated rings. The van der Waals surface area contributed by atoms with Crippen LogP contribution in [0, 0.1) is 6.85 Å². The summed E-state index contributed by atoms with van der Waals surface area (Å²) in [5.41, 5.74) is 4.56. The molecule has 0 saturated carbocycles. The minimum atomic E-state index is -2.56. The molecule has 51 heavy (non-hydrogen) atoms. The topological polar surface area (TPSA) is 50.9 Å². The number of hydrogen-bond donors (Lipinski definition) is 1. The fourth-order valence-corrected chi connectivity index (χ4v) is 6.27. The summed E-state index contributed by atoms with van der Waals surface area (Å²) >= 11 is 0. The monoisotopic (exact) mass is 672 g/mol. The van der Waals surface area contributed by atoms with Crippen LogP contribution in [0.4, 0.5) is 0 Å². The quantitative estimate of drug-likeness (QED) is 0.191. The first-order valence-corrected chi connectivity index (χ1v) is 16.5. The van der Waals surface area contributed by atoms with Crippen LogP contribution in [-0.2, 0) is 5.41 Å². The second kappa shape index (κ2) is 12.9. The van der Waals surface area contributed by atoms with Gasteiger partial charge in [0.05, 0.1) is 38.9 Å². The third-order valence-corrected chi connectivity index (χ3v) is 8.90. The number of aromatic nitrogens is 3. The summed E-state index contributed by atoms with van der Waals surface area (Å²) in [7, 11) is 0. The first-order chi connectivity index (χ1) is 29.3. The molecule has 248 valence electrons. The Balaban J connectivity index is 1.41. The van der Waals surface area contributed by atoms with Gasteiger partial charge in [0.2, 0.25) is 0 Å². The van der Waals surface area contributed by atoms with Crippen molar-refractivity contribution in [3.8, 4) is 67.5 Å². The lowest BCUT2D eigenvalue weighted by atomic mass is 9.83. The normalized spacial score (nSPS) is 14.9. The van der Waals surface area contributed by atoms with Crippen LogP contribution < -0.4 is 0 Å². The molecular formula is C47H39N3O. The van der Waals surface area contributed by atoms with Gasteiger partial charge in [-0.1, -0.05) is 118 Å². The Labute approximate surface area is 314 Å². The summed E-state index contributed by atoms with van der Waals surface area (Å²) < 4.78 is 96.5. The van der Waals surface area contributed by atoms with E-state index < -0.39 is 54.7 Å². The maximum Gasteiger partial charge on any atom is 0.149 e. The molecule has 1 N–H and O–H groups in total. The molecule has 6 aromatic carbocycles. The molecule has 0 atom stereocenters. The van der Waals surface area contributed by atoms with Gasteiger partial charge in [0.1, 0.15) is 11.6 Å². The van der Waals surface area contributed by atoms with Gasteiger partial charge in [0.25, 0.3) is 0 Å². The summed E-state index contributed by atoms with van der Waals surface area (Å²) in [6.45, 7) is 3.47. The first kappa shape index (κ1) is 21.7. The zero-order chi connectivity index (χ0) is 44.6. The van der Waals surface area contributed by atoms with Gasteiger partial charge in [0.15, 0.2) is 0 Å². The Kier molecular flexibility index (Phi) is 5.49. The van der Waals surface area contributed by atoms with Crippen LogP contribution in [0.2, 0.25) is 0 Å². The highest BCUT2D eigenvalue weighted by molar-refractivity contribution is 5.97. The summed E-state index contributed by atoms with van der Waals surface area (Å²) in [6.07, 6.45) is -0.544. The van der Waals surface area contributed by atoms with Crippen molar-refractivity contribution in [1.82, 2.24) is 14.5 Å². The number of aromatic hydroxyl groups is 1. The SMILES string of the molecule is [2H]c1nc(-c2cc(-c3cccc4c3nc(-c3ccccc3O)n4-c3ccc(-c4ccccc4)cc3C([2H])([2H])[2H])cc(C(C)(C)C)c2)c([2H])c(-c2c([2H])c([2H])c([2H])c([2H])c2[2H])c1[2H]. The molecule has 0 aliphatic rings. The van der Waals surface area contributed by atoms with Gasteiger partial charge in [-0.05, 0) is 106 Å². The van der Waals surface area contributed by atoms with Gasteiger partial charge in [-0.2, -0.15) is 0 Å². The molecule has 0 radical (unpaired) electrons. The zero-order valence-corrected chi connectivity index (χ0v) is 28.2. The maximum atomic E-state index is 11.2. The van der Waals surface area contributed by atoms with E-state index in [1.807, 2.05) is 87.5 Å². The first-order valence-electron chi connectivity index (χ1n) is 22.0. The molecule has 0 saturated heterocycles. The number of fused-ring (bicyclic) bond motifs is 1. The average Bonchev–Trinajstić information content (AvgIpc) is 3.63. The van der Waals surface area contributed by atoms with Gasteiger partial charge >= 0.3 is 0 Å². The minimum absolute atomic E-state index is 0.0337. The van der Waals surface area contributed by atoms with Crippen molar-refractivity contribution in [2.45, 2.75) is 33.0 Å². The van der Waals surface area contributed by atoms with Gasteiger partial charge in [-0.3, -0.25) is 9.55 Å². The molecule has 2 heterocycles. The molecule has 8 aromatic rings. The fraction of sp³-hybridized carbons (Fsp3) is 0.106. The van der Waals surface area contributed by atoms with Crippen LogP contribution in [0.5, 0.6) is 5.75 Å². The van der Waals surface area contributed by atoms with E-state index in [0.29, 0.717) is 50.4 Å². The highest BCUT2D eigenvalue weighted by Crippen LogP contribution is 2.40. The van der Waals surface area contributed by atoms with Crippen molar-refractivity contribution in [2.24, 2.45) is 0 Å². The number of phenolic OH excluding ortho intramolecular Hbond substituents is 1. The van der Waals surface area contributed by atoms with E-state index >= 15 is 0 Å². The number of benzene rings is 6. The highest BCUT2D eigenvalue weighted by Gasteiger charge is 2.23. The van der Waals surface area contributed by atoms with E-state index in [4.69, 9.17) is 18.7 Å². The third kappa shape index (κ3) is 6.10. The van der Waals surface area contributed by atoms with E-state index in [0.717, 1.165) is 11.1 Å². The molecule has 0 amide bonds. The summed E-state index contributed by atoms with van der Waals surface area (Å²) in [4.78, 5) is 9.53. The molecule has 0 spiro atoms. The van der Waals surface area contributed by atoms with Crippen LogP contribution in [0.1, 0.15) is 47.0 Å². The smallest absolute Gasteiger partial charge is 0.149 e. The van der Waals surface area contributed by atoms with Gasteiger partial charge < -0.3 is 5.11 Å². The molecule has 0 aliphatic heterocycles. The van der Waals surface area contributed by atoms with Crippen LogP contribution in [0.25, 0.3) is 72.7 Å². The van der Waals surface area contributed by atoms with E-state index in [2.05, 4.69) is 4.98 Å². The van der Waals surface area contributed by atoms with E-state index in [-0.39, 0.29) is 34.2 Å². The number of imidazole rings is 1. The molecule has 2 aromatic heterocycles. The summed E-state index contributed by atoms with van der Waals surface area (Å²) in [5.74, 6) is 0.228. The van der Waals surface area contributed by atoms with E-state index in [9.17, 15) is 6.48 Å². The Hall–Kier alpha value is -6.26. The zero-order valence-electron chi connectivity index (χ0n) is 39.2. The number of para-hydroxylation sites is 2. The van der Waals surface area contributed by atoms with Crippen molar-refractivity contribution in [1.29, 1.82) is 0 Å². The van der Waals surface area contributed by atoms with Gasteiger partial charge in [0, 0.05) is 21.4 Å². The predicted molar refractivity (Wildman–Crippen MR) is 211 cm³/mol. The van der Waals surface area contributed by atoms with E-state index in [1.165, 1.54) is 6.07 Å². The van der Waals surface area contributed by atoms with Gasteiger partial charge in [-0.15, -0.1) is 0 Å². The lowest BCUT2D eigenvalue weighted by molar-refractivity contribution is 0.477. The van der Waals surface area contributed by atoms with Gasteiger partial charge in [-0.25, -0.2) is 4.98 Å². The van der Waals surface area contributed by atoms with Crippen LogP contribution in [0.3, 0.4) is 0 Å². The number of rotatable bonds is 6. The maximum absolute atomic E-state index is 11.2. The Morgan fingerprint density at radius 3 is 2.22 bits per heavy atom. The lowest BCUT2D eigenvalue weighted by Crippen LogP contribution is -2.11. The molecule has 4 nitrogen and oxygen atoms in total. The number of pyridine rings is 1. The molecule has 0 aliphatic carbocycles. The molecule has 0 bridgehead atoms. The Morgan fingerprint density at radius 1 is 0.667 bits per heavy atom. The molecule has 4 heteroatoms. The van der Waals surface area contributed by atoms with Crippen LogP contribution in [0.15, 0.2) is 158 Å². The fourth-order valence-electron chi connectivity index (χ4n) is 6.27.